The summed E-state index contributed by atoms with van der Waals surface area (Å²) in [6.45, 7) is 5.76. The molecule has 5 rings (SSSR count). The van der Waals surface area contributed by atoms with Gasteiger partial charge in [-0.05, 0) is 89.7 Å². The maximum Gasteiger partial charge on any atom is 0.197 e. The predicted octanol–water partition coefficient (Wildman–Crippen LogP) is 5.42. The molecule has 0 amide bonds. The van der Waals surface area contributed by atoms with Crippen molar-refractivity contribution in [3.63, 3.8) is 0 Å². The average molecular weight is 470 g/mol. The molecule has 0 saturated carbocycles. The zero-order chi connectivity index (χ0) is 24.4. The lowest BCUT2D eigenvalue weighted by Gasteiger charge is -2.48. The first-order valence-corrected chi connectivity index (χ1v) is 11.9. The van der Waals surface area contributed by atoms with Gasteiger partial charge in [-0.2, -0.15) is 4.80 Å². The SMILES string of the molecule is CCCn1nnc(/C=C/c2ccc(C3(C)c4ccc(O)cc4CCN3c3ccc(F)cc3)cc2)n1. The number of tetrazole rings is 1. The van der Waals surface area contributed by atoms with E-state index in [4.69, 9.17) is 0 Å². The number of aryl methyl sites for hydroxylation is 1. The van der Waals surface area contributed by atoms with Crippen LogP contribution in [0, 0.1) is 5.82 Å². The van der Waals surface area contributed by atoms with Crippen LogP contribution in [0.4, 0.5) is 10.1 Å². The Morgan fingerprint density at radius 1 is 1.03 bits per heavy atom. The Balaban J connectivity index is 1.50. The Morgan fingerprint density at radius 2 is 1.80 bits per heavy atom. The molecule has 1 atom stereocenters. The van der Waals surface area contributed by atoms with Crippen molar-refractivity contribution in [3.05, 3.63) is 101 Å². The van der Waals surface area contributed by atoms with E-state index in [1.54, 1.807) is 10.9 Å². The van der Waals surface area contributed by atoms with Crippen LogP contribution in [0.1, 0.15) is 48.3 Å². The summed E-state index contributed by atoms with van der Waals surface area (Å²) in [5.74, 6) is 0.599. The van der Waals surface area contributed by atoms with Gasteiger partial charge in [0.2, 0.25) is 0 Å². The number of rotatable bonds is 6. The van der Waals surface area contributed by atoms with Crippen LogP contribution in [0.2, 0.25) is 0 Å². The summed E-state index contributed by atoms with van der Waals surface area (Å²) in [4.78, 5) is 3.92. The van der Waals surface area contributed by atoms with Crippen molar-refractivity contribution in [3.8, 4) is 5.75 Å². The van der Waals surface area contributed by atoms with E-state index in [-0.39, 0.29) is 11.6 Å². The number of anilines is 1. The van der Waals surface area contributed by atoms with Gasteiger partial charge >= 0.3 is 0 Å². The van der Waals surface area contributed by atoms with E-state index < -0.39 is 5.54 Å². The van der Waals surface area contributed by atoms with E-state index in [2.05, 4.69) is 58.4 Å². The van der Waals surface area contributed by atoms with Crippen LogP contribution < -0.4 is 4.90 Å². The second-order valence-corrected chi connectivity index (χ2v) is 8.99. The molecule has 6 nitrogen and oxygen atoms in total. The smallest absolute Gasteiger partial charge is 0.197 e. The molecule has 0 aliphatic carbocycles. The summed E-state index contributed by atoms with van der Waals surface area (Å²) in [5.41, 5.74) is 4.85. The van der Waals surface area contributed by atoms with Gasteiger partial charge in [0.1, 0.15) is 11.6 Å². The molecule has 0 spiro atoms. The van der Waals surface area contributed by atoms with Crippen LogP contribution in [0.25, 0.3) is 12.2 Å². The van der Waals surface area contributed by atoms with Crippen molar-refractivity contribution >= 4 is 17.8 Å². The number of phenols is 1. The summed E-state index contributed by atoms with van der Waals surface area (Å²) in [6, 6.07) is 20.6. The molecule has 7 heteroatoms. The summed E-state index contributed by atoms with van der Waals surface area (Å²) < 4.78 is 13.7. The molecule has 2 heterocycles. The Hall–Kier alpha value is -4.00. The molecule has 0 radical (unpaired) electrons. The molecule has 4 aromatic rings. The van der Waals surface area contributed by atoms with Gasteiger partial charge < -0.3 is 10.0 Å². The molecule has 35 heavy (non-hydrogen) atoms. The normalized spacial score (nSPS) is 17.6. The third-order valence-corrected chi connectivity index (χ3v) is 6.69. The number of fused-ring (bicyclic) bond motifs is 1. The van der Waals surface area contributed by atoms with Crippen LogP contribution in [-0.2, 0) is 18.5 Å². The quantitative estimate of drug-likeness (QED) is 0.408. The fraction of sp³-hybridized carbons (Fsp3) is 0.250. The minimum absolute atomic E-state index is 0.252. The molecule has 0 fully saturated rings. The number of hydrogen-bond acceptors (Lipinski definition) is 5. The molecular weight excluding hydrogens is 441 g/mol. The highest BCUT2D eigenvalue weighted by Gasteiger charge is 2.40. The van der Waals surface area contributed by atoms with E-state index in [9.17, 15) is 9.50 Å². The number of aromatic hydroxyl groups is 1. The lowest BCUT2D eigenvalue weighted by atomic mass is 9.76. The monoisotopic (exact) mass is 469 g/mol. The Morgan fingerprint density at radius 3 is 2.54 bits per heavy atom. The number of hydrogen-bond donors (Lipinski definition) is 1. The van der Waals surface area contributed by atoms with Gasteiger partial charge in [0.25, 0.3) is 0 Å². The summed E-state index contributed by atoms with van der Waals surface area (Å²) >= 11 is 0. The van der Waals surface area contributed by atoms with Gasteiger partial charge in [-0.15, -0.1) is 10.2 Å². The summed E-state index contributed by atoms with van der Waals surface area (Å²) in [5, 5.41) is 22.6. The minimum atomic E-state index is -0.494. The van der Waals surface area contributed by atoms with Crippen LogP contribution in [0.15, 0.2) is 66.7 Å². The Bertz CT molecular complexity index is 1350. The van der Waals surface area contributed by atoms with E-state index in [1.807, 2.05) is 36.4 Å². The Labute approximate surface area is 204 Å². The maximum atomic E-state index is 13.7. The predicted molar refractivity (Wildman–Crippen MR) is 135 cm³/mol. The first kappa shape index (κ1) is 22.8. The number of benzene rings is 3. The highest BCUT2D eigenvalue weighted by Crippen LogP contribution is 2.44. The standard InChI is InChI=1S/C28H28FN5O/c1-3-17-34-31-27(30-32-34)15-6-20-4-7-22(8-5-20)28(2)26-14-13-25(35)19-21(26)16-18-33(28)24-11-9-23(29)10-12-24/h4-15,19,35H,3,16-18H2,1-2H3/b15-6+. The maximum absolute atomic E-state index is 13.7. The molecule has 0 bridgehead atoms. The van der Waals surface area contributed by atoms with Crippen molar-refractivity contribution in [2.75, 3.05) is 11.4 Å². The number of nitrogens with zero attached hydrogens (tertiary/aromatic N) is 5. The topological polar surface area (TPSA) is 67.1 Å². The number of halogens is 1. The molecule has 3 aromatic carbocycles. The largest absolute Gasteiger partial charge is 0.508 e. The number of phenolic OH excluding ortho intramolecular Hbond substituents is 1. The first-order chi connectivity index (χ1) is 17.0. The zero-order valence-electron chi connectivity index (χ0n) is 19.9. The van der Waals surface area contributed by atoms with Crippen molar-refractivity contribution in [1.82, 2.24) is 20.2 Å². The van der Waals surface area contributed by atoms with E-state index in [1.165, 1.54) is 12.1 Å². The van der Waals surface area contributed by atoms with Crippen LogP contribution in [-0.4, -0.2) is 31.9 Å². The average Bonchev–Trinajstić information content (AvgIpc) is 3.31. The molecule has 1 N–H and O–H groups in total. The Kier molecular flexibility index (Phi) is 6.07. The third-order valence-electron chi connectivity index (χ3n) is 6.69. The second-order valence-electron chi connectivity index (χ2n) is 8.99. The zero-order valence-corrected chi connectivity index (χ0v) is 19.9. The van der Waals surface area contributed by atoms with Crippen molar-refractivity contribution in [2.24, 2.45) is 0 Å². The summed E-state index contributed by atoms with van der Waals surface area (Å²) in [6.07, 6.45) is 5.59. The molecule has 0 saturated heterocycles. The van der Waals surface area contributed by atoms with Gasteiger partial charge in [0.15, 0.2) is 5.82 Å². The second kappa shape index (κ2) is 9.33. The lowest BCUT2D eigenvalue weighted by molar-refractivity contribution is 0.463. The van der Waals surface area contributed by atoms with Crippen molar-refractivity contribution < 1.29 is 9.50 Å². The van der Waals surface area contributed by atoms with Gasteiger partial charge in [0.05, 0.1) is 12.1 Å². The van der Waals surface area contributed by atoms with Gasteiger partial charge in [-0.3, -0.25) is 0 Å². The van der Waals surface area contributed by atoms with E-state index in [0.29, 0.717) is 5.82 Å². The van der Waals surface area contributed by atoms with Crippen LogP contribution in [0.5, 0.6) is 5.75 Å². The highest BCUT2D eigenvalue weighted by atomic mass is 19.1. The third kappa shape index (κ3) is 4.41. The molecule has 1 aliphatic heterocycles. The molecule has 1 aliphatic rings. The van der Waals surface area contributed by atoms with Gasteiger partial charge in [-0.25, -0.2) is 4.39 Å². The van der Waals surface area contributed by atoms with E-state index >= 15 is 0 Å². The van der Waals surface area contributed by atoms with Crippen molar-refractivity contribution in [1.29, 1.82) is 0 Å². The van der Waals surface area contributed by atoms with Gasteiger partial charge in [0, 0.05) is 12.2 Å². The summed E-state index contributed by atoms with van der Waals surface area (Å²) in [7, 11) is 0. The highest BCUT2D eigenvalue weighted by molar-refractivity contribution is 5.67. The molecule has 1 unspecified atom stereocenters. The van der Waals surface area contributed by atoms with Crippen molar-refractivity contribution in [2.45, 2.75) is 38.8 Å². The number of aromatic nitrogens is 4. The molecule has 178 valence electrons. The fourth-order valence-corrected chi connectivity index (χ4v) is 4.89. The fourth-order valence-electron chi connectivity index (χ4n) is 4.89. The van der Waals surface area contributed by atoms with Crippen LogP contribution in [0.3, 0.4) is 0 Å². The minimum Gasteiger partial charge on any atom is -0.508 e. The van der Waals surface area contributed by atoms with Crippen LogP contribution >= 0.6 is 0 Å². The van der Waals surface area contributed by atoms with Gasteiger partial charge in [-0.1, -0.05) is 43.3 Å². The molecule has 1 aromatic heterocycles. The molecular formula is C28H28FN5O. The first-order valence-electron chi connectivity index (χ1n) is 11.9. The van der Waals surface area contributed by atoms with E-state index in [0.717, 1.165) is 53.9 Å². The lowest BCUT2D eigenvalue weighted by Crippen LogP contribution is -2.49.